The first-order chi connectivity index (χ1) is 9.20. The minimum Gasteiger partial charge on any atom is -0.310 e. The van der Waals surface area contributed by atoms with Gasteiger partial charge in [-0.15, -0.1) is 0 Å². The second-order valence-electron chi connectivity index (χ2n) is 5.49. The predicted molar refractivity (Wildman–Crippen MR) is 79.0 cm³/mol. The van der Waals surface area contributed by atoms with Gasteiger partial charge in [0, 0.05) is 17.6 Å². The highest BCUT2D eigenvalue weighted by atomic mass is 35.5. The van der Waals surface area contributed by atoms with Gasteiger partial charge >= 0.3 is 0 Å². The Bertz CT molecular complexity index is 458. The van der Waals surface area contributed by atoms with Crippen molar-refractivity contribution in [3.63, 3.8) is 0 Å². The number of rotatable bonds is 4. The van der Waals surface area contributed by atoms with Crippen molar-refractivity contribution in [3.05, 3.63) is 34.3 Å². The molecule has 1 aliphatic carbocycles. The monoisotopic (exact) mass is 276 g/mol. The highest BCUT2D eigenvalue weighted by molar-refractivity contribution is 6.31. The molecule has 0 saturated heterocycles. The van der Waals surface area contributed by atoms with Gasteiger partial charge in [0.15, 0.2) is 0 Å². The van der Waals surface area contributed by atoms with Gasteiger partial charge in [0.1, 0.15) is 0 Å². The van der Waals surface area contributed by atoms with Crippen molar-refractivity contribution >= 4 is 11.6 Å². The number of nitriles is 1. The summed E-state index contributed by atoms with van der Waals surface area (Å²) in [6.45, 7) is 3.05. The first kappa shape index (κ1) is 14.4. The zero-order chi connectivity index (χ0) is 13.7. The molecule has 0 heterocycles. The lowest BCUT2D eigenvalue weighted by molar-refractivity contribution is 0.280. The van der Waals surface area contributed by atoms with Crippen molar-refractivity contribution in [1.82, 2.24) is 5.32 Å². The minimum atomic E-state index is 0.534. The van der Waals surface area contributed by atoms with Crippen LogP contribution < -0.4 is 5.32 Å². The lowest BCUT2D eigenvalue weighted by Gasteiger charge is -2.28. The average Bonchev–Trinajstić information content (AvgIpc) is 2.46. The highest BCUT2D eigenvalue weighted by Crippen LogP contribution is 2.26. The van der Waals surface area contributed by atoms with Gasteiger partial charge in [-0.3, -0.25) is 0 Å². The van der Waals surface area contributed by atoms with E-state index in [0.717, 1.165) is 18.0 Å². The molecule has 0 aliphatic heterocycles. The van der Waals surface area contributed by atoms with Crippen LogP contribution in [0, 0.1) is 17.2 Å². The zero-order valence-electron chi connectivity index (χ0n) is 11.5. The summed E-state index contributed by atoms with van der Waals surface area (Å²) in [6.07, 6.45) is 6.82. The van der Waals surface area contributed by atoms with Crippen LogP contribution in [0.2, 0.25) is 5.02 Å². The Morgan fingerprint density at radius 1 is 1.37 bits per heavy atom. The molecule has 0 spiro atoms. The first-order valence-corrected chi connectivity index (χ1v) is 7.50. The third-order valence-electron chi connectivity index (χ3n) is 4.15. The molecule has 2 nitrogen and oxygen atoms in total. The summed E-state index contributed by atoms with van der Waals surface area (Å²) in [4.78, 5) is 0. The van der Waals surface area contributed by atoms with Crippen molar-refractivity contribution in [2.75, 3.05) is 0 Å². The van der Waals surface area contributed by atoms with Crippen LogP contribution in [0.3, 0.4) is 0 Å². The molecule has 0 unspecified atom stereocenters. The van der Waals surface area contributed by atoms with E-state index in [1.165, 1.54) is 32.1 Å². The Hall–Kier alpha value is -1.04. The number of hydrogen-bond acceptors (Lipinski definition) is 2. The summed E-state index contributed by atoms with van der Waals surface area (Å²) < 4.78 is 0. The Kier molecular flexibility index (Phi) is 5.24. The summed E-state index contributed by atoms with van der Waals surface area (Å²) in [7, 11) is 0. The van der Waals surface area contributed by atoms with E-state index in [1.807, 2.05) is 12.1 Å². The van der Waals surface area contributed by atoms with E-state index in [2.05, 4.69) is 18.3 Å². The normalized spacial score (nSPS) is 17.9. The molecule has 1 fully saturated rings. The van der Waals surface area contributed by atoms with Crippen LogP contribution in [0.1, 0.15) is 50.2 Å². The maximum Gasteiger partial charge on any atom is 0.0992 e. The van der Waals surface area contributed by atoms with Crippen molar-refractivity contribution < 1.29 is 0 Å². The Labute approximate surface area is 120 Å². The molecule has 0 amide bonds. The molecular formula is C16H21ClN2. The Morgan fingerprint density at radius 3 is 2.74 bits per heavy atom. The maximum atomic E-state index is 8.82. The van der Waals surface area contributed by atoms with Gasteiger partial charge in [0.25, 0.3) is 0 Å². The Morgan fingerprint density at radius 2 is 2.11 bits per heavy atom. The zero-order valence-corrected chi connectivity index (χ0v) is 12.2. The van der Waals surface area contributed by atoms with Crippen molar-refractivity contribution in [2.24, 2.45) is 5.92 Å². The van der Waals surface area contributed by atoms with Gasteiger partial charge in [0.2, 0.25) is 0 Å². The molecule has 1 aromatic rings. The molecule has 19 heavy (non-hydrogen) atoms. The van der Waals surface area contributed by atoms with Crippen molar-refractivity contribution in [3.8, 4) is 6.07 Å². The predicted octanol–water partition coefficient (Wildman–Crippen LogP) is 4.27. The lowest BCUT2D eigenvalue weighted by atomic mass is 9.84. The summed E-state index contributed by atoms with van der Waals surface area (Å²) >= 11 is 6.19. The second-order valence-corrected chi connectivity index (χ2v) is 5.89. The molecule has 102 valence electrons. The fraction of sp³-hybridized carbons (Fsp3) is 0.562. The summed E-state index contributed by atoms with van der Waals surface area (Å²) in [5, 5.41) is 13.1. The van der Waals surface area contributed by atoms with Gasteiger partial charge in [-0.05, 0) is 43.4 Å². The molecule has 0 radical (unpaired) electrons. The van der Waals surface area contributed by atoms with Crippen LogP contribution in [0.5, 0.6) is 0 Å². The van der Waals surface area contributed by atoms with E-state index >= 15 is 0 Å². The fourth-order valence-electron chi connectivity index (χ4n) is 2.83. The van der Waals surface area contributed by atoms with Crippen molar-refractivity contribution in [2.45, 2.75) is 51.6 Å². The van der Waals surface area contributed by atoms with Crippen LogP contribution >= 0.6 is 11.6 Å². The number of hydrogen-bond donors (Lipinski definition) is 1. The summed E-state index contributed by atoms with van der Waals surface area (Å²) in [5.41, 5.74) is 1.69. The molecule has 0 bridgehead atoms. The molecule has 1 saturated carbocycles. The van der Waals surface area contributed by atoms with Crippen LogP contribution in [0.15, 0.2) is 18.2 Å². The molecule has 1 atom stereocenters. The van der Waals surface area contributed by atoms with E-state index in [9.17, 15) is 0 Å². The largest absolute Gasteiger partial charge is 0.310 e. The molecule has 2 rings (SSSR count). The van der Waals surface area contributed by atoms with Gasteiger partial charge in [-0.2, -0.15) is 5.26 Å². The quantitative estimate of drug-likeness (QED) is 0.891. The van der Waals surface area contributed by atoms with E-state index in [-0.39, 0.29) is 0 Å². The SMILES string of the molecule is C[C@H](NCc1ccc(C#N)cc1Cl)C1CCCCC1. The average molecular weight is 277 g/mol. The third-order valence-corrected chi connectivity index (χ3v) is 4.51. The van der Waals surface area contributed by atoms with Crippen LogP contribution in [-0.4, -0.2) is 6.04 Å². The highest BCUT2D eigenvalue weighted by Gasteiger charge is 2.19. The second kappa shape index (κ2) is 6.93. The molecule has 3 heteroatoms. The van der Waals surface area contributed by atoms with Gasteiger partial charge < -0.3 is 5.32 Å². The number of nitrogens with zero attached hydrogens (tertiary/aromatic N) is 1. The van der Waals surface area contributed by atoms with Gasteiger partial charge in [-0.25, -0.2) is 0 Å². The van der Waals surface area contributed by atoms with Gasteiger partial charge in [-0.1, -0.05) is 36.9 Å². The van der Waals surface area contributed by atoms with Crippen molar-refractivity contribution in [1.29, 1.82) is 5.26 Å². The fourth-order valence-corrected chi connectivity index (χ4v) is 3.08. The summed E-state index contributed by atoms with van der Waals surface area (Å²) in [6, 6.07) is 8.15. The number of benzene rings is 1. The molecule has 1 N–H and O–H groups in total. The van der Waals surface area contributed by atoms with E-state index in [1.54, 1.807) is 6.07 Å². The first-order valence-electron chi connectivity index (χ1n) is 7.12. The molecule has 0 aromatic heterocycles. The molecule has 1 aromatic carbocycles. The number of nitrogens with one attached hydrogen (secondary N) is 1. The molecule has 1 aliphatic rings. The number of halogens is 1. The smallest absolute Gasteiger partial charge is 0.0992 e. The van der Waals surface area contributed by atoms with Crippen LogP contribution in [0.4, 0.5) is 0 Å². The van der Waals surface area contributed by atoms with Crippen LogP contribution in [0.25, 0.3) is 0 Å². The molecular weight excluding hydrogens is 256 g/mol. The standard InChI is InChI=1S/C16H21ClN2/c1-12(14-5-3-2-4-6-14)19-11-15-8-7-13(10-18)9-16(15)17/h7-9,12,14,19H,2-6,11H2,1H3/t12-/m0/s1. The maximum absolute atomic E-state index is 8.82. The van der Waals surface area contributed by atoms with E-state index in [0.29, 0.717) is 16.6 Å². The Balaban J connectivity index is 1.89. The van der Waals surface area contributed by atoms with E-state index < -0.39 is 0 Å². The van der Waals surface area contributed by atoms with E-state index in [4.69, 9.17) is 16.9 Å². The van der Waals surface area contributed by atoms with Crippen LogP contribution in [-0.2, 0) is 6.54 Å². The van der Waals surface area contributed by atoms with Gasteiger partial charge in [0.05, 0.1) is 11.6 Å². The topological polar surface area (TPSA) is 35.8 Å². The lowest BCUT2D eigenvalue weighted by Crippen LogP contribution is -2.34. The minimum absolute atomic E-state index is 0.534. The summed E-state index contributed by atoms with van der Waals surface area (Å²) in [5.74, 6) is 0.797. The third kappa shape index (κ3) is 3.96.